The molecule has 148 valence electrons. The van der Waals surface area contributed by atoms with Crippen LogP contribution in [-0.2, 0) is 4.79 Å². The number of piperidine rings is 1. The summed E-state index contributed by atoms with van der Waals surface area (Å²) in [5.41, 5.74) is 2.27. The topological polar surface area (TPSA) is 58.6 Å². The van der Waals surface area contributed by atoms with Gasteiger partial charge in [0.2, 0.25) is 0 Å². The molecule has 1 aliphatic heterocycles. The van der Waals surface area contributed by atoms with E-state index in [2.05, 4.69) is 12.2 Å². The van der Waals surface area contributed by atoms with Gasteiger partial charge in [0.25, 0.3) is 11.8 Å². The predicted octanol–water partition coefficient (Wildman–Crippen LogP) is 4.27. The van der Waals surface area contributed by atoms with Gasteiger partial charge >= 0.3 is 0 Å². The Labute approximate surface area is 166 Å². The molecule has 0 bridgehead atoms. The van der Waals surface area contributed by atoms with Crippen molar-refractivity contribution < 1.29 is 14.3 Å². The van der Waals surface area contributed by atoms with E-state index in [1.54, 1.807) is 31.2 Å². The van der Waals surface area contributed by atoms with Crippen molar-refractivity contribution in [3.05, 3.63) is 59.7 Å². The minimum Gasteiger partial charge on any atom is -0.481 e. The second kappa shape index (κ2) is 8.91. The second-order valence-corrected chi connectivity index (χ2v) is 7.62. The van der Waals surface area contributed by atoms with E-state index in [-0.39, 0.29) is 11.8 Å². The van der Waals surface area contributed by atoms with Crippen LogP contribution in [0.5, 0.6) is 5.75 Å². The summed E-state index contributed by atoms with van der Waals surface area (Å²) in [7, 11) is 0. The molecule has 1 fully saturated rings. The monoisotopic (exact) mass is 380 g/mol. The van der Waals surface area contributed by atoms with Gasteiger partial charge in [-0.15, -0.1) is 0 Å². The Hall–Kier alpha value is -2.82. The Morgan fingerprint density at radius 1 is 1.11 bits per heavy atom. The quantitative estimate of drug-likeness (QED) is 0.843. The smallest absolute Gasteiger partial charge is 0.265 e. The van der Waals surface area contributed by atoms with Gasteiger partial charge in [-0.3, -0.25) is 9.59 Å². The molecule has 1 saturated heterocycles. The second-order valence-electron chi connectivity index (χ2n) is 7.62. The number of hydrogen-bond acceptors (Lipinski definition) is 3. The van der Waals surface area contributed by atoms with Crippen molar-refractivity contribution in [3.63, 3.8) is 0 Å². The summed E-state index contributed by atoms with van der Waals surface area (Å²) in [5, 5.41) is 2.85. The number of nitrogens with one attached hydrogen (secondary N) is 1. The number of rotatable bonds is 5. The van der Waals surface area contributed by atoms with Crippen molar-refractivity contribution >= 4 is 17.5 Å². The molecule has 5 heteroatoms. The average Bonchev–Trinajstić information content (AvgIpc) is 2.68. The lowest BCUT2D eigenvalue weighted by molar-refractivity contribution is -0.122. The number of carbonyl (C=O) groups is 2. The first-order valence-corrected chi connectivity index (χ1v) is 9.86. The SMILES string of the molecule is Cc1cccc(OC(C)C(=O)Nc2cccc(C(=O)N3CCC(C)CC3)c2)c1. The molecule has 0 aromatic heterocycles. The molecule has 1 atom stereocenters. The molecule has 28 heavy (non-hydrogen) atoms. The first kappa shape index (κ1) is 19.9. The van der Waals surface area contributed by atoms with Crippen LogP contribution >= 0.6 is 0 Å². The van der Waals surface area contributed by atoms with Crippen LogP contribution < -0.4 is 10.1 Å². The molecule has 3 rings (SSSR count). The molecular weight excluding hydrogens is 352 g/mol. The van der Waals surface area contributed by atoms with Gasteiger partial charge in [0, 0.05) is 24.3 Å². The van der Waals surface area contributed by atoms with E-state index in [0.29, 0.717) is 22.9 Å². The number of anilines is 1. The lowest BCUT2D eigenvalue weighted by atomic mass is 9.98. The first-order chi connectivity index (χ1) is 13.4. The van der Waals surface area contributed by atoms with Crippen LogP contribution in [0.2, 0.25) is 0 Å². The van der Waals surface area contributed by atoms with Gasteiger partial charge in [-0.05, 0) is 68.5 Å². The Bertz CT molecular complexity index is 841. The largest absolute Gasteiger partial charge is 0.481 e. The maximum Gasteiger partial charge on any atom is 0.265 e. The van der Waals surface area contributed by atoms with Crippen LogP contribution in [0.15, 0.2) is 48.5 Å². The zero-order valence-electron chi connectivity index (χ0n) is 16.8. The van der Waals surface area contributed by atoms with Crippen LogP contribution in [0.4, 0.5) is 5.69 Å². The van der Waals surface area contributed by atoms with E-state index in [0.717, 1.165) is 31.5 Å². The number of likely N-dealkylation sites (tertiary alicyclic amines) is 1. The number of hydrogen-bond donors (Lipinski definition) is 1. The standard InChI is InChI=1S/C23H28N2O3/c1-16-10-12-25(13-11-16)23(27)19-7-5-8-20(15-19)24-22(26)18(3)28-21-9-4-6-17(2)14-21/h4-9,14-16,18H,10-13H2,1-3H3,(H,24,26). The Morgan fingerprint density at radius 2 is 1.82 bits per heavy atom. The van der Waals surface area contributed by atoms with Crippen molar-refractivity contribution in [2.75, 3.05) is 18.4 Å². The molecule has 0 spiro atoms. The minimum atomic E-state index is -0.648. The molecule has 1 N–H and O–H groups in total. The van der Waals surface area contributed by atoms with Crippen LogP contribution in [0.25, 0.3) is 0 Å². The van der Waals surface area contributed by atoms with Gasteiger partial charge < -0.3 is 15.0 Å². The molecule has 0 aliphatic carbocycles. The molecular formula is C23H28N2O3. The van der Waals surface area contributed by atoms with Crippen LogP contribution in [0.3, 0.4) is 0 Å². The van der Waals surface area contributed by atoms with E-state index in [1.165, 1.54) is 0 Å². The predicted molar refractivity (Wildman–Crippen MR) is 111 cm³/mol. The fourth-order valence-electron chi connectivity index (χ4n) is 3.31. The number of nitrogens with zero attached hydrogens (tertiary/aromatic N) is 1. The average molecular weight is 380 g/mol. The summed E-state index contributed by atoms with van der Waals surface area (Å²) in [4.78, 5) is 27.1. The zero-order chi connectivity index (χ0) is 20.1. The van der Waals surface area contributed by atoms with Crippen molar-refractivity contribution in [1.82, 2.24) is 4.90 Å². The first-order valence-electron chi connectivity index (χ1n) is 9.86. The zero-order valence-corrected chi connectivity index (χ0v) is 16.8. The van der Waals surface area contributed by atoms with Gasteiger partial charge in [0.05, 0.1) is 0 Å². The summed E-state index contributed by atoms with van der Waals surface area (Å²) in [6, 6.07) is 14.7. The van der Waals surface area contributed by atoms with E-state index in [1.807, 2.05) is 36.1 Å². The molecule has 2 aromatic carbocycles. The molecule has 5 nitrogen and oxygen atoms in total. The third kappa shape index (κ3) is 5.12. The van der Waals surface area contributed by atoms with Gasteiger partial charge in [-0.2, -0.15) is 0 Å². The molecule has 0 radical (unpaired) electrons. The molecule has 2 aromatic rings. The maximum atomic E-state index is 12.7. The summed E-state index contributed by atoms with van der Waals surface area (Å²) < 4.78 is 5.72. The van der Waals surface area contributed by atoms with Gasteiger partial charge in [-0.25, -0.2) is 0 Å². The summed E-state index contributed by atoms with van der Waals surface area (Å²) in [6.45, 7) is 7.48. The molecule has 1 aliphatic rings. The van der Waals surface area contributed by atoms with Crippen molar-refractivity contribution in [1.29, 1.82) is 0 Å². The maximum absolute atomic E-state index is 12.7. The molecule has 1 heterocycles. The van der Waals surface area contributed by atoms with Crippen LogP contribution in [0, 0.1) is 12.8 Å². The normalized spacial score (nSPS) is 15.8. The Balaban J connectivity index is 1.62. The highest BCUT2D eigenvalue weighted by Crippen LogP contribution is 2.20. The Morgan fingerprint density at radius 3 is 2.54 bits per heavy atom. The third-order valence-corrected chi connectivity index (χ3v) is 5.12. The fourth-order valence-corrected chi connectivity index (χ4v) is 3.31. The van der Waals surface area contributed by atoms with E-state index in [9.17, 15) is 9.59 Å². The highest BCUT2D eigenvalue weighted by atomic mass is 16.5. The van der Waals surface area contributed by atoms with E-state index in [4.69, 9.17) is 4.74 Å². The molecule has 0 saturated carbocycles. The van der Waals surface area contributed by atoms with E-state index >= 15 is 0 Å². The van der Waals surface area contributed by atoms with Gasteiger partial charge in [0.15, 0.2) is 6.10 Å². The molecule has 2 amide bonds. The van der Waals surface area contributed by atoms with Crippen LogP contribution in [0.1, 0.15) is 42.6 Å². The van der Waals surface area contributed by atoms with Crippen molar-refractivity contribution in [2.24, 2.45) is 5.92 Å². The number of carbonyl (C=O) groups excluding carboxylic acids is 2. The Kier molecular flexibility index (Phi) is 6.34. The highest BCUT2D eigenvalue weighted by Gasteiger charge is 2.22. The lowest BCUT2D eigenvalue weighted by Crippen LogP contribution is -2.38. The fraction of sp³-hybridized carbons (Fsp3) is 0.391. The van der Waals surface area contributed by atoms with Crippen molar-refractivity contribution in [3.8, 4) is 5.75 Å². The van der Waals surface area contributed by atoms with E-state index < -0.39 is 6.10 Å². The summed E-state index contributed by atoms with van der Waals surface area (Å²) >= 11 is 0. The highest BCUT2D eigenvalue weighted by molar-refractivity contribution is 5.98. The van der Waals surface area contributed by atoms with Crippen molar-refractivity contribution in [2.45, 2.75) is 39.7 Å². The number of ether oxygens (including phenoxy) is 1. The summed E-state index contributed by atoms with van der Waals surface area (Å²) in [6.07, 6.45) is 1.43. The summed E-state index contributed by atoms with van der Waals surface area (Å²) in [5.74, 6) is 1.10. The minimum absolute atomic E-state index is 0.0204. The van der Waals surface area contributed by atoms with Crippen LogP contribution in [-0.4, -0.2) is 35.9 Å². The number of benzene rings is 2. The lowest BCUT2D eigenvalue weighted by Gasteiger charge is -2.30. The molecule has 1 unspecified atom stereocenters. The number of amides is 2. The van der Waals surface area contributed by atoms with Gasteiger partial charge in [0.1, 0.15) is 5.75 Å². The third-order valence-electron chi connectivity index (χ3n) is 5.12. The number of aryl methyl sites for hydroxylation is 1. The van der Waals surface area contributed by atoms with Gasteiger partial charge in [-0.1, -0.05) is 25.1 Å².